The highest BCUT2D eigenvalue weighted by molar-refractivity contribution is 7.99. The Balaban J connectivity index is 2.20. The fourth-order valence-electron chi connectivity index (χ4n) is 1.12. The molecule has 0 aromatic carbocycles. The number of rotatable bonds is 4. The maximum absolute atomic E-state index is 11.6. The summed E-state index contributed by atoms with van der Waals surface area (Å²) in [5.74, 6) is 1.91. The Hall–Kier alpha value is -0.260. The first-order valence-electron chi connectivity index (χ1n) is 4.86. The van der Waals surface area contributed by atoms with Crippen LogP contribution in [0.15, 0.2) is 0 Å². The number of hydrogen-bond donors (Lipinski definition) is 2. The molecule has 2 N–H and O–H groups in total. The largest absolute Gasteiger partial charge is 0.353 e. The molecule has 0 radical (unpaired) electrons. The van der Waals surface area contributed by atoms with E-state index in [1.165, 1.54) is 0 Å². The summed E-state index contributed by atoms with van der Waals surface area (Å²) in [6, 6.07) is 0.391. The first-order valence-corrected chi connectivity index (χ1v) is 6.02. The molecule has 0 bridgehead atoms. The number of likely N-dealkylation sites (N-methyl/N-ethyl adjacent to an activating group) is 1. The van der Waals surface area contributed by atoms with Gasteiger partial charge in [-0.15, -0.1) is 11.8 Å². The highest BCUT2D eigenvalue weighted by Crippen LogP contribution is 2.09. The molecular weight excluding hydrogens is 198 g/mol. The van der Waals surface area contributed by atoms with Gasteiger partial charge in [0.1, 0.15) is 0 Å². The molecule has 1 aliphatic rings. The van der Waals surface area contributed by atoms with Crippen molar-refractivity contribution < 1.29 is 4.79 Å². The standard InChI is InChI=1S/C9H19N3OS/c1-7(12(2)3)4-10-9(13)8-5-14-6-11-8/h7-8,11H,4-6H2,1-3H3,(H,10,13)/t7?,8-/m1/s1. The molecule has 0 aliphatic carbocycles. The van der Waals surface area contributed by atoms with Crippen LogP contribution in [0.3, 0.4) is 0 Å². The molecule has 14 heavy (non-hydrogen) atoms. The summed E-state index contributed by atoms with van der Waals surface area (Å²) < 4.78 is 0. The molecule has 1 saturated heterocycles. The van der Waals surface area contributed by atoms with Crippen LogP contribution in [-0.4, -0.2) is 55.2 Å². The van der Waals surface area contributed by atoms with Crippen LogP contribution < -0.4 is 10.6 Å². The minimum Gasteiger partial charge on any atom is -0.353 e. The van der Waals surface area contributed by atoms with Gasteiger partial charge in [-0.05, 0) is 21.0 Å². The van der Waals surface area contributed by atoms with E-state index in [1.807, 2.05) is 14.1 Å². The molecule has 1 rings (SSSR count). The van der Waals surface area contributed by atoms with Gasteiger partial charge < -0.3 is 10.2 Å². The van der Waals surface area contributed by atoms with E-state index < -0.39 is 0 Å². The van der Waals surface area contributed by atoms with Crippen molar-refractivity contribution in [1.82, 2.24) is 15.5 Å². The average Bonchev–Trinajstić information content (AvgIpc) is 2.66. The topological polar surface area (TPSA) is 44.4 Å². The lowest BCUT2D eigenvalue weighted by Crippen LogP contribution is -2.46. The van der Waals surface area contributed by atoms with Gasteiger partial charge in [-0.2, -0.15) is 0 Å². The van der Waals surface area contributed by atoms with Crippen LogP contribution in [0.2, 0.25) is 0 Å². The van der Waals surface area contributed by atoms with Crippen molar-refractivity contribution in [2.24, 2.45) is 0 Å². The number of carbonyl (C=O) groups excluding carboxylic acids is 1. The van der Waals surface area contributed by atoms with Crippen LogP contribution in [0.1, 0.15) is 6.92 Å². The Morgan fingerprint density at radius 1 is 1.71 bits per heavy atom. The maximum atomic E-state index is 11.6. The maximum Gasteiger partial charge on any atom is 0.238 e. The zero-order chi connectivity index (χ0) is 10.6. The quantitative estimate of drug-likeness (QED) is 0.679. The average molecular weight is 217 g/mol. The molecule has 1 aliphatic heterocycles. The highest BCUT2D eigenvalue weighted by atomic mass is 32.2. The number of amides is 1. The van der Waals surface area contributed by atoms with Crippen molar-refractivity contribution in [2.75, 3.05) is 32.3 Å². The van der Waals surface area contributed by atoms with Crippen LogP contribution in [0, 0.1) is 0 Å². The Labute approximate surface area is 89.8 Å². The zero-order valence-electron chi connectivity index (χ0n) is 9.04. The molecule has 0 spiro atoms. The van der Waals surface area contributed by atoms with E-state index in [4.69, 9.17) is 0 Å². The summed E-state index contributed by atoms with van der Waals surface area (Å²) in [6.07, 6.45) is 0. The third kappa shape index (κ3) is 3.48. The van der Waals surface area contributed by atoms with Gasteiger partial charge >= 0.3 is 0 Å². The van der Waals surface area contributed by atoms with Gasteiger partial charge in [0, 0.05) is 24.2 Å². The molecule has 0 aromatic heterocycles. The van der Waals surface area contributed by atoms with Crippen molar-refractivity contribution in [1.29, 1.82) is 0 Å². The molecule has 0 saturated carbocycles. The summed E-state index contributed by atoms with van der Waals surface area (Å²) >= 11 is 1.77. The zero-order valence-corrected chi connectivity index (χ0v) is 9.86. The van der Waals surface area contributed by atoms with Gasteiger partial charge in [0.15, 0.2) is 0 Å². The van der Waals surface area contributed by atoms with Gasteiger partial charge in [-0.1, -0.05) is 0 Å². The number of thioether (sulfide) groups is 1. The summed E-state index contributed by atoms with van der Waals surface area (Å²) in [6.45, 7) is 2.81. The third-order valence-corrected chi connectivity index (χ3v) is 3.43. The van der Waals surface area contributed by atoms with Crippen LogP contribution >= 0.6 is 11.8 Å². The molecule has 82 valence electrons. The van der Waals surface area contributed by atoms with Crippen LogP contribution in [0.25, 0.3) is 0 Å². The molecule has 0 aromatic rings. The minimum atomic E-state index is 0.00867. The predicted octanol–water partition coefficient (Wildman–Crippen LogP) is -0.285. The van der Waals surface area contributed by atoms with Gasteiger partial charge in [0.25, 0.3) is 0 Å². The van der Waals surface area contributed by atoms with Crippen molar-refractivity contribution >= 4 is 17.7 Å². The van der Waals surface area contributed by atoms with E-state index in [-0.39, 0.29) is 11.9 Å². The molecule has 5 heteroatoms. The van der Waals surface area contributed by atoms with Gasteiger partial charge in [-0.3, -0.25) is 10.1 Å². The van der Waals surface area contributed by atoms with Crippen molar-refractivity contribution in [3.05, 3.63) is 0 Å². The van der Waals surface area contributed by atoms with Gasteiger partial charge in [0.2, 0.25) is 5.91 Å². The molecule has 1 fully saturated rings. The van der Waals surface area contributed by atoms with Crippen molar-refractivity contribution in [3.63, 3.8) is 0 Å². The van der Waals surface area contributed by atoms with E-state index in [0.29, 0.717) is 12.6 Å². The van der Waals surface area contributed by atoms with Gasteiger partial charge in [-0.25, -0.2) is 0 Å². The Morgan fingerprint density at radius 2 is 2.43 bits per heavy atom. The number of carbonyl (C=O) groups is 1. The molecule has 2 atom stereocenters. The molecular formula is C9H19N3OS. The monoisotopic (exact) mass is 217 g/mol. The summed E-state index contributed by atoms with van der Waals surface area (Å²) in [5, 5.41) is 6.10. The van der Waals surface area contributed by atoms with E-state index in [2.05, 4.69) is 22.5 Å². The minimum absolute atomic E-state index is 0.00867. The lowest BCUT2D eigenvalue weighted by atomic mass is 10.2. The SMILES string of the molecule is CC(CNC(=O)[C@H]1CSCN1)N(C)C. The molecule has 4 nitrogen and oxygen atoms in total. The van der Waals surface area contributed by atoms with Gasteiger partial charge in [0.05, 0.1) is 6.04 Å². The summed E-state index contributed by atoms with van der Waals surface area (Å²) in [7, 11) is 4.03. The second-order valence-electron chi connectivity index (χ2n) is 3.83. The van der Waals surface area contributed by atoms with Crippen molar-refractivity contribution in [2.45, 2.75) is 19.0 Å². The second kappa shape index (κ2) is 5.58. The predicted molar refractivity (Wildman–Crippen MR) is 60.4 cm³/mol. The number of nitrogens with zero attached hydrogens (tertiary/aromatic N) is 1. The van der Waals surface area contributed by atoms with E-state index in [9.17, 15) is 4.79 Å². The normalized spacial score (nSPS) is 23.9. The summed E-state index contributed by atoms with van der Waals surface area (Å²) in [5.41, 5.74) is 0. The molecule has 1 unspecified atom stereocenters. The van der Waals surface area contributed by atoms with Crippen LogP contribution in [0.4, 0.5) is 0 Å². The van der Waals surface area contributed by atoms with E-state index in [1.54, 1.807) is 11.8 Å². The fraction of sp³-hybridized carbons (Fsp3) is 0.889. The Bertz CT molecular complexity index is 192. The fourth-order valence-corrected chi connectivity index (χ4v) is 2.06. The van der Waals surface area contributed by atoms with Crippen LogP contribution in [0.5, 0.6) is 0 Å². The van der Waals surface area contributed by atoms with E-state index in [0.717, 1.165) is 11.6 Å². The lowest BCUT2D eigenvalue weighted by molar-refractivity contribution is -0.122. The third-order valence-electron chi connectivity index (χ3n) is 2.49. The Morgan fingerprint density at radius 3 is 2.93 bits per heavy atom. The molecule has 1 heterocycles. The molecule has 1 amide bonds. The van der Waals surface area contributed by atoms with E-state index >= 15 is 0 Å². The number of nitrogens with one attached hydrogen (secondary N) is 2. The lowest BCUT2D eigenvalue weighted by Gasteiger charge is -2.21. The second-order valence-corrected chi connectivity index (χ2v) is 4.86. The summed E-state index contributed by atoms with van der Waals surface area (Å²) in [4.78, 5) is 13.7. The van der Waals surface area contributed by atoms with Crippen molar-refractivity contribution in [3.8, 4) is 0 Å². The smallest absolute Gasteiger partial charge is 0.238 e. The highest BCUT2D eigenvalue weighted by Gasteiger charge is 2.22. The number of hydrogen-bond acceptors (Lipinski definition) is 4. The van der Waals surface area contributed by atoms with Crippen LogP contribution in [-0.2, 0) is 4.79 Å². The Kier molecular flexibility index (Phi) is 4.71. The first-order chi connectivity index (χ1) is 6.61. The first kappa shape index (κ1) is 11.8.